The first-order chi connectivity index (χ1) is 28.1. The molecule has 10 aromatic rings. The van der Waals surface area contributed by atoms with Gasteiger partial charge in [-0.05, 0) is 66.1 Å². The van der Waals surface area contributed by atoms with Gasteiger partial charge in [0.15, 0.2) is 17.5 Å². The van der Waals surface area contributed by atoms with Gasteiger partial charge in [0.25, 0.3) is 0 Å². The van der Waals surface area contributed by atoms with Gasteiger partial charge in [0, 0.05) is 52.9 Å². The van der Waals surface area contributed by atoms with E-state index in [1.165, 1.54) is 30.6 Å². The average molecular weight is 749 g/mol. The van der Waals surface area contributed by atoms with Crippen molar-refractivity contribution in [2.45, 2.75) is 6.92 Å². The van der Waals surface area contributed by atoms with E-state index < -0.39 is 0 Å². The Kier molecular flexibility index (Phi) is 8.70. The Morgan fingerprint density at radius 2 is 1.11 bits per heavy atom. The highest BCUT2D eigenvalue weighted by molar-refractivity contribution is 7.17. The molecule has 0 aliphatic heterocycles. The van der Waals surface area contributed by atoms with Gasteiger partial charge in [-0.2, -0.15) is 0 Å². The molecule has 0 amide bonds. The van der Waals surface area contributed by atoms with E-state index in [9.17, 15) is 0 Å². The maximum Gasteiger partial charge on any atom is 0.164 e. The van der Waals surface area contributed by atoms with Crippen molar-refractivity contribution in [2.75, 3.05) is 0 Å². The number of benzene rings is 7. The standard InChI is InChI=1S/C52H36N4S/c1-3-47-43(40-24-14-16-29-48(40)57-47)32-34(2)39-26-17-28-46-49(39)41-25-13-15-27-44(41)56(46)45-31-30-38(33-42(45)35-18-7-4-8-19-35)52-54-50(36-20-9-5-10-21-36)53-51(55-52)37-22-11-6-12-23-37/h3-33H,2H2,1H3/b43-32-,47-3+. The highest BCUT2D eigenvalue weighted by atomic mass is 32.1. The van der Waals surface area contributed by atoms with E-state index >= 15 is 0 Å². The third-order valence-corrected chi connectivity index (χ3v) is 11.8. The molecule has 10 rings (SSSR count). The molecule has 0 aliphatic rings. The van der Waals surface area contributed by atoms with Gasteiger partial charge in [-0.15, -0.1) is 11.3 Å². The molecule has 0 fully saturated rings. The van der Waals surface area contributed by atoms with Crippen molar-refractivity contribution < 1.29 is 0 Å². The molecule has 270 valence electrons. The van der Waals surface area contributed by atoms with Crippen LogP contribution in [-0.2, 0) is 0 Å². The second-order valence-corrected chi connectivity index (χ2v) is 15.1. The van der Waals surface area contributed by atoms with Crippen molar-refractivity contribution in [1.29, 1.82) is 0 Å². The second-order valence-electron chi connectivity index (χ2n) is 14.0. The van der Waals surface area contributed by atoms with E-state index in [0.29, 0.717) is 17.5 Å². The molecule has 0 radical (unpaired) electrons. The first-order valence-corrected chi connectivity index (χ1v) is 19.9. The molecule has 0 saturated heterocycles. The Bertz CT molecular complexity index is 3200. The van der Waals surface area contributed by atoms with Gasteiger partial charge in [0.05, 0.1) is 16.7 Å². The third kappa shape index (κ3) is 6.15. The topological polar surface area (TPSA) is 43.6 Å². The largest absolute Gasteiger partial charge is 0.309 e. The summed E-state index contributed by atoms with van der Waals surface area (Å²) < 4.78 is 4.93. The molecule has 0 spiro atoms. The Hall–Kier alpha value is -7.21. The molecule has 0 bridgehead atoms. The van der Waals surface area contributed by atoms with Crippen molar-refractivity contribution in [3.05, 3.63) is 198 Å². The zero-order valence-corrected chi connectivity index (χ0v) is 32.1. The van der Waals surface area contributed by atoms with Crippen molar-refractivity contribution in [3.8, 4) is 51.0 Å². The molecule has 0 aliphatic carbocycles. The predicted octanol–water partition coefficient (Wildman–Crippen LogP) is 12.1. The number of allylic oxidation sites excluding steroid dienone is 1. The highest BCUT2D eigenvalue weighted by Crippen LogP contribution is 2.40. The fourth-order valence-electron chi connectivity index (χ4n) is 7.90. The summed E-state index contributed by atoms with van der Waals surface area (Å²) >= 11 is 1.82. The van der Waals surface area contributed by atoms with Gasteiger partial charge in [0.1, 0.15) is 0 Å². The van der Waals surface area contributed by atoms with Crippen molar-refractivity contribution >= 4 is 61.0 Å². The summed E-state index contributed by atoms with van der Waals surface area (Å²) in [6, 6.07) is 61.3. The quantitative estimate of drug-likeness (QED) is 0.163. The van der Waals surface area contributed by atoms with Crippen LogP contribution in [0.3, 0.4) is 0 Å². The van der Waals surface area contributed by atoms with Crippen LogP contribution in [0.1, 0.15) is 12.5 Å². The first kappa shape index (κ1) is 34.3. The fourth-order valence-corrected chi connectivity index (χ4v) is 8.97. The van der Waals surface area contributed by atoms with Gasteiger partial charge < -0.3 is 4.57 Å². The minimum Gasteiger partial charge on any atom is -0.309 e. The lowest BCUT2D eigenvalue weighted by Crippen LogP contribution is -2.18. The summed E-state index contributed by atoms with van der Waals surface area (Å²) in [5, 5.41) is 4.83. The summed E-state index contributed by atoms with van der Waals surface area (Å²) in [6.45, 7) is 6.81. The number of rotatable bonds is 7. The van der Waals surface area contributed by atoms with Crippen LogP contribution in [0.5, 0.6) is 0 Å². The smallest absolute Gasteiger partial charge is 0.164 e. The minimum absolute atomic E-state index is 0.618. The van der Waals surface area contributed by atoms with E-state index in [2.05, 4.69) is 139 Å². The van der Waals surface area contributed by atoms with E-state index in [1.807, 2.05) is 72.0 Å². The summed E-state index contributed by atoms with van der Waals surface area (Å²) in [5.74, 6) is 1.89. The Labute approximate surface area is 334 Å². The number of thiophene rings is 1. The van der Waals surface area contributed by atoms with E-state index in [-0.39, 0.29) is 0 Å². The van der Waals surface area contributed by atoms with Crippen LogP contribution in [0.2, 0.25) is 0 Å². The molecule has 7 aromatic carbocycles. The molecule has 0 unspecified atom stereocenters. The van der Waals surface area contributed by atoms with Gasteiger partial charge in [-0.1, -0.05) is 152 Å². The fraction of sp³-hybridized carbons (Fsp3) is 0.0192. The Balaban J connectivity index is 1.19. The van der Waals surface area contributed by atoms with E-state index in [1.54, 1.807) is 0 Å². The maximum absolute atomic E-state index is 5.08. The Morgan fingerprint density at radius 3 is 1.77 bits per heavy atom. The van der Waals surface area contributed by atoms with Gasteiger partial charge in [0.2, 0.25) is 0 Å². The van der Waals surface area contributed by atoms with Crippen molar-refractivity contribution in [3.63, 3.8) is 0 Å². The average Bonchev–Trinajstić information content (AvgIpc) is 3.82. The number of hydrogen-bond acceptors (Lipinski definition) is 4. The molecule has 4 nitrogen and oxygen atoms in total. The SMILES string of the molecule is C=C(/C=c1\c(=C/C)sc2ccccc12)c1cccc2c1c1ccccc1n2-c1ccc(-c2nc(-c3ccccc3)nc(-c3ccccc3)n2)cc1-c1ccccc1. The molecular weight excluding hydrogens is 713 g/mol. The number of para-hydroxylation sites is 1. The third-order valence-electron chi connectivity index (χ3n) is 10.6. The summed E-state index contributed by atoms with van der Waals surface area (Å²) in [6.07, 6.45) is 4.47. The lowest BCUT2D eigenvalue weighted by atomic mass is 9.99. The molecule has 5 heteroatoms. The minimum atomic E-state index is 0.618. The van der Waals surface area contributed by atoms with E-state index in [0.717, 1.165) is 55.7 Å². The summed E-state index contributed by atoms with van der Waals surface area (Å²) in [5.41, 5.74) is 10.4. The van der Waals surface area contributed by atoms with Crippen LogP contribution in [0, 0.1) is 0 Å². The van der Waals surface area contributed by atoms with Crippen LogP contribution in [-0.4, -0.2) is 19.5 Å². The molecule has 57 heavy (non-hydrogen) atoms. The molecular formula is C52H36N4S. The Morgan fingerprint density at radius 1 is 0.544 bits per heavy atom. The van der Waals surface area contributed by atoms with Crippen LogP contribution < -0.4 is 9.75 Å². The molecule has 0 atom stereocenters. The van der Waals surface area contributed by atoms with E-state index in [4.69, 9.17) is 21.5 Å². The number of fused-ring (bicyclic) bond motifs is 4. The van der Waals surface area contributed by atoms with Crippen LogP contribution in [0.4, 0.5) is 0 Å². The molecule has 3 heterocycles. The first-order valence-electron chi connectivity index (χ1n) is 19.1. The lowest BCUT2D eigenvalue weighted by molar-refractivity contribution is 1.07. The van der Waals surface area contributed by atoms with Gasteiger partial charge >= 0.3 is 0 Å². The lowest BCUT2D eigenvalue weighted by Gasteiger charge is -2.16. The summed E-state index contributed by atoms with van der Waals surface area (Å²) in [7, 11) is 0. The molecule has 0 N–H and O–H groups in total. The van der Waals surface area contributed by atoms with Crippen LogP contribution >= 0.6 is 11.3 Å². The highest BCUT2D eigenvalue weighted by Gasteiger charge is 2.20. The second kappa shape index (κ2) is 14.5. The normalized spacial score (nSPS) is 12.2. The van der Waals surface area contributed by atoms with Crippen molar-refractivity contribution in [2.24, 2.45) is 0 Å². The van der Waals surface area contributed by atoms with Crippen LogP contribution in [0.25, 0.3) is 101 Å². The maximum atomic E-state index is 5.08. The number of hydrogen-bond donors (Lipinski definition) is 0. The molecule has 0 saturated carbocycles. The predicted molar refractivity (Wildman–Crippen MR) is 241 cm³/mol. The monoisotopic (exact) mass is 748 g/mol. The summed E-state index contributed by atoms with van der Waals surface area (Å²) in [4.78, 5) is 15.1. The zero-order chi connectivity index (χ0) is 38.3. The van der Waals surface area contributed by atoms with Crippen molar-refractivity contribution in [1.82, 2.24) is 19.5 Å². The van der Waals surface area contributed by atoms with Gasteiger partial charge in [-0.25, -0.2) is 15.0 Å². The number of aromatic nitrogens is 4. The van der Waals surface area contributed by atoms with Gasteiger partial charge in [-0.3, -0.25) is 0 Å². The number of nitrogens with zero attached hydrogens (tertiary/aromatic N) is 4. The zero-order valence-electron chi connectivity index (χ0n) is 31.3. The molecule has 3 aromatic heterocycles. The van der Waals surface area contributed by atoms with Crippen LogP contribution in [0.15, 0.2) is 183 Å².